The Morgan fingerprint density at radius 1 is 1.12 bits per heavy atom. The maximum absolute atomic E-state index is 13.7. The quantitative estimate of drug-likeness (QED) is 0.522. The molecule has 0 fully saturated rings. The molecule has 0 unspecified atom stereocenters. The van der Waals surface area contributed by atoms with E-state index in [1.54, 1.807) is 18.2 Å². The number of hydrogen-bond donors (Lipinski definition) is 2. The van der Waals surface area contributed by atoms with Crippen LogP contribution in [0.15, 0.2) is 42.6 Å². The average Bonchev–Trinajstić information content (AvgIpc) is 3.02. The molecule has 4 rings (SSSR count). The Morgan fingerprint density at radius 3 is 2.77 bits per heavy atom. The molecule has 0 spiro atoms. The predicted molar refractivity (Wildman–Crippen MR) is 93.0 cm³/mol. The SMILES string of the molecule is Nc1ccc(Cl)c(-c2[nH]nc3nc(Oc4ccc(F)cc4F)ncc23)c1. The second-order valence-corrected chi connectivity index (χ2v) is 5.81. The number of aromatic amines is 1. The van der Waals surface area contributed by atoms with Crippen LogP contribution in [0.1, 0.15) is 0 Å². The molecule has 0 saturated carbocycles. The molecule has 2 aromatic carbocycles. The Bertz CT molecular complexity index is 1130. The van der Waals surface area contributed by atoms with Gasteiger partial charge in [0, 0.05) is 23.5 Å². The van der Waals surface area contributed by atoms with Gasteiger partial charge in [-0.05, 0) is 30.3 Å². The fourth-order valence-corrected chi connectivity index (χ4v) is 2.65. The van der Waals surface area contributed by atoms with E-state index in [4.69, 9.17) is 22.1 Å². The molecule has 2 aromatic heterocycles. The minimum atomic E-state index is -0.858. The van der Waals surface area contributed by atoms with Gasteiger partial charge in [-0.2, -0.15) is 10.1 Å². The van der Waals surface area contributed by atoms with Crippen LogP contribution >= 0.6 is 11.6 Å². The number of benzene rings is 2. The number of nitrogens with zero attached hydrogens (tertiary/aromatic N) is 3. The van der Waals surface area contributed by atoms with Crippen LogP contribution in [0.4, 0.5) is 14.5 Å². The second kappa shape index (κ2) is 6.23. The van der Waals surface area contributed by atoms with E-state index in [2.05, 4.69) is 20.2 Å². The normalized spacial score (nSPS) is 11.0. The van der Waals surface area contributed by atoms with Gasteiger partial charge in [0.05, 0.1) is 16.1 Å². The van der Waals surface area contributed by atoms with E-state index < -0.39 is 11.6 Å². The summed E-state index contributed by atoms with van der Waals surface area (Å²) in [6, 6.07) is 7.88. The lowest BCUT2D eigenvalue weighted by molar-refractivity contribution is 0.409. The van der Waals surface area contributed by atoms with Gasteiger partial charge in [0.2, 0.25) is 0 Å². The van der Waals surface area contributed by atoms with Gasteiger partial charge in [-0.15, -0.1) is 0 Å². The van der Waals surface area contributed by atoms with Crippen molar-refractivity contribution in [2.45, 2.75) is 0 Å². The summed E-state index contributed by atoms with van der Waals surface area (Å²) >= 11 is 6.22. The molecule has 0 saturated heterocycles. The Morgan fingerprint density at radius 2 is 1.96 bits per heavy atom. The first-order valence-corrected chi connectivity index (χ1v) is 7.78. The summed E-state index contributed by atoms with van der Waals surface area (Å²) in [6.07, 6.45) is 1.47. The molecule has 0 aliphatic rings. The Labute approximate surface area is 150 Å². The van der Waals surface area contributed by atoms with Crippen molar-refractivity contribution in [3.05, 3.63) is 59.3 Å². The highest BCUT2D eigenvalue weighted by atomic mass is 35.5. The summed E-state index contributed by atoms with van der Waals surface area (Å²) in [5, 5.41) is 8.00. The standard InChI is InChI=1S/C17H10ClF2N5O/c18-12-3-2-9(21)6-10(12)15-11-7-22-17(23-16(11)25-24-15)26-14-4-1-8(19)5-13(14)20/h1-7H,21H2,(H,22,23,24,25). The Kier molecular flexibility index (Phi) is 3.89. The molecule has 0 amide bonds. The van der Waals surface area contributed by atoms with Crippen LogP contribution in [0.5, 0.6) is 11.8 Å². The van der Waals surface area contributed by atoms with E-state index >= 15 is 0 Å². The van der Waals surface area contributed by atoms with Crippen molar-refractivity contribution in [3.8, 4) is 23.0 Å². The van der Waals surface area contributed by atoms with Crippen LogP contribution in [0.25, 0.3) is 22.3 Å². The number of H-pyrrole nitrogens is 1. The van der Waals surface area contributed by atoms with Gasteiger partial charge in [0.1, 0.15) is 5.82 Å². The molecule has 26 heavy (non-hydrogen) atoms. The van der Waals surface area contributed by atoms with Crippen LogP contribution < -0.4 is 10.5 Å². The van der Waals surface area contributed by atoms with Gasteiger partial charge in [0.25, 0.3) is 0 Å². The average molecular weight is 374 g/mol. The van der Waals surface area contributed by atoms with Crippen molar-refractivity contribution < 1.29 is 13.5 Å². The number of ether oxygens (including phenoxy) is 1. The number of hydrogen-bond acceptors (Lipinski definition) is 5. The number of fused-ring (bicyclic) bond motifs is 1. The van der Waals surface area contributed by atoms with Crippen LogP contribution in [-0.4, -0.2) is 20.2 Å². The molecule has 0 atom stereocenters. The molecule has 2 heterocycles. The zero-order valence-electron chi connectivity index (χ0n) is 13.0. The largest absolute Gasteiger partial charge is 0.421 e. The summed E-state index contributed by atoms with van der Waals surface area (Å²) in [7, 11) is 0. The van der Waals surface area contributed by atoms with Crippen LogP contribution in [0.3, 0.4) is 0 Å². The van der Waals surface area contributed by atoms with Crippen molar-refractivity contribution in [2.24, 2.45) is 0 Å². The van der Waals surface area contributed by atoms with Crippen LogP contribution in [0.2, 0.25) is 5.02 Å². The van der Waals surface area contributed by atoms with Crippen LogP contribution in [-0.2, 0) is 0 Å². The van der Waals surface area contributed by atoms with Gasteiger partial charge in [-0.3, -0.25) is 5.10 Å². The summed E-state index contributed by atoms with van der Waals surface area (Å²) in [5.41, 5.74) is 7.89. The molecule has 3 N–H and O–H groups in total. The number of nitrogens with one attached hydrogen (secondary N) is 1. The molecule has 0 aliphatic heterocycles. The van der Waals surface area contributed by atoms with E-state index in [9.17, 15) is 8.78 Å². The van der Waals surface area contributed by atoms with Gasteiger partial charge < -0.3 is 10.5 Å². The van der Waals surface area contributed by atoms with Crippen molar-refractivity contribution in [3.63, 3.8) is 0 Å². The number of rotatable bonds is 3. The predicted octanol–water partition coefficient (Wildman–Crippen LogP) is 4.33. The molecular weight excluding hydrogens is 364 g/mol. The monoisotopic (exact) mass is 373 g/mol. The zero-order chi connectivity index (χ0) is 18.3. The molecule has 9 heteroatoms. The maximum Gasteiger partial charge on any atom is 0.324 e. The van der Waals surface area contributed by atoms with Crippen molar-refractivity contribution in [1.29, 1.82) is 0 Å². The summed E-state index contributed by atoms with van der Waals surface area (Å²) in [4.78, 5) is 8.17. The summed E-state index contributed by atoms with van der Waals surface area (Å²) < 4.78 is 31.9. The number of aromatic nitrogens is 4. The lowest BCUT2D eigenvalue weighted by Gasteiger charge is -2.05. The first-order chi connectivity index (χ1) is 12.5. The van der Waals surface area contributed by atoms with Crippen molar-refractivity contribution in [1.82, 2.24) is 20.2 Å². The van der Waals surface area contributed by atoms with Gasteiger partial charge in [0.15, 0.2) is 17.2 Å². The Balaban J connectivity index is 1.72. The van der Waals surface area contributed by atoms with Gasteiger partial charge in [-0.1, -0.05) is 11.6 Å². The minimum absolute atomic E-state index is 0.125. The first kappa shape index (κ1) is 16.2. The van der Waals surface area contributed by atoms with E-state index in [1.807, 2.05) is 0 Å². The van der Waals surface area contributed by atoms with Gasteiger partial charge in [-0.25, -0.2) is 13.8 Å². The number of anilines is 1. The number of nitrogen functional groups attached to an aromatic ring is 1. The zero-order valence-corrected chi connectivity index (χ0v) is 13.8. The molecular formula is C17H10ClF2N5O. The third kappa shape index (κ3) is 2.91. The second-order valence-electron chi connectivity index (χ2n) is 5.40. The summed E-state index contributed by atoms with van der Waals surface area (Å²) in [6.45, 7) is 0. The van der Waals surface area contributed by atoms with Gasteiger partial charge >= 0.3 is 6.01 Å². The molecule has 0 bridgehead atoms. The van der Waals surface area contributed by atoms with E-state index in [-0.39, 0.29) is 11.8 Å². The van der Waals surface area contributed by atoms with E-state index in [0.29, 0.717) is 39.1 Å². The lowest BCUT2D eigenvalue weighted by atomic mass is 10.1. The highest BCUT2D eigenvalue weighted by Crippen LogP contribution is 2.33. The molecule has 130 valence electrons. The van der Waals surface area contributed by atoms with E-state index in [0.717, 1.165) is 12.1 Å². The fraction of sp³-hybridized carbons (Fsp3) is 0. The van der Waals surface area contributed by atoms with Crippen molar-refractivity contribution in [2.75, 3.05) is 5.73 Å². The van der Waals surface area contributed by atoms with Crippen LogP contribution in [0, 0.1) is 11.6 Å². The lowest BCUT2D eigenvalue weighted by Crippen LogP contribution is -1.94. The highest BCUT2D eigenvalue weighted by Gasteiger charge is 2.15. The smallest absolute Gasteiger partial charge is 0.324 e. The molecule has 0 aliphatic carbocycles. The molecule has 4 aromatic rings. The highest BCUT2D eigenvalue weighted by molar-refractivity contribution is 6.33. The first-order valence-electron chi connectivity index (χ1n) is 7.40. The summed E-state index contributed by atoms with van der Waals surface area (Å²) in [5.74, 6) is -1.76. The third-order valence-corrected chi connectivity index (χ3v) is 3.97. The Hall–Kier alpha value is -3.26. The minimum Gasteiger partial charge on any atom is -0.421 e. The number of nitrogens with two attached hydrogens (primary N) is 1. The molecule has 0 radical (unpaired) electrons. The maximum atomic E-state index is 13.7. The topological polar surface area (TPSA) is 89.7 Å². The van der Waals surface area contributed by atoms with E-state index in [1.165, 1.54) is 6.20 Å². The molecule has 6 nitrogen and oxygen atoms in total. The number of halogens is 3. The van der Waals surface area contributed by atoms with Crippen molar-refractivity contribution >= 4 is 28.3 Å². The third-order valence-electron chi connectivity index (χ3n) is 3.64. The fourth-order valence-electron chi connectivity index (χ4n) is 2.43.